The molecule has 0 spiro atoms. The fourth-order valence-electron chi connectivity index (χ4n) is 6.35. The third kappa shape index (κ3) is 5.48. The molecule has 2 aliphatic heterocycles. The number of rotatable bonds is 3. The summed E-state index contributed by atoms with van der Waals surface area (Å²) in [6.45, 7) is 11.8. The lowest BCUT2D eigenvalue weighted by molar-refractivity contribution is -0.129. The molecule has 242 valence electrons. The first-order valence-corrected chi connectivity index (χ1v) is 15.7. The van der Waals surface area contributed by atoms with E-state index in [1.54, 1.807) is 17.2 Å². The molecule has 4 aromatic rings. The summed E-state index contributed by atoms with van der Waals surface area (Å²) in [6, 6.07) is 6.44. The third-order valence-electron chi connectivity index (χ3n) is 8.65. The second-order valence-electron chi connectivity index (χ2n) is 12.2. The van der Waals surface area contributed by atoms with Crippen LogP contribution in [0.25, 0.3) is 28.0 Å². The van der Waals surface area contributed by atoms with Gasteiger partial charge in [-0.25, -0.2) is 23.1 Å². The second-order valence-corrected chi connectivity index (χ2v) is 12.6. The summed E-state index contributed by atoms with van der Waals surface area (Å²) in [5.74, 6) is -2.16. The van der Waals surface area contributed by atoms with Gasteiger partial charge in [-0.15, -0.1) is 0 Å². The van der Waals surface area contributed by atoms with Gasteiger partial charge in [0.15, 0.2) is 17.2 Å². The Balaban J connectivity index is 1.66. The summed E-state index contributed by atoms with van der Waals surface area (Å²) in [5, 5.41) is 9.63. The van der Waals surface area contributed by atoms with Crippen molar-refractivity contribution in [2.75, 3.05) is 24.6 Å². The van der Waals surface area contributed by atoms with Gasteiger partial charge in [0.25, 0.3) is 5.91 Å². The number of aromatic nitrogens is 4. The number of carbonyl (C=O) groups excluding carboxylic acids is 1. The van der Waals surface area contributed by atoms with Crippen molar-refractivity contribution in [1.29, 1.82) is 5.26 Å². The summed E-state index contributed by atoms with van der Waals surface area (Å²) in [7, 11) is 0. The topological polar surface area (TPSA) is 117 Å². The molecule has 0 saturated carbocycles. The molecule has 3 aromatic heterocycles. The number of hydrogen-bond acceptors (Lipinski definition) is 8. The Morgan fingerprint density at radius 3 is 2.62 bits per heavy atom. The average molecular weight is 660 g/mol. The Labute approximate surface area is 274 Å². The lowest BCUT2D eigenvalue weighted by Gasteiger charge is -2.44. The minimum Gasteiger partial charge on any atom is -0.490 e. The maximum atomic E-state index is 15.6. The van der Waals surface area contributed by atoms with Gasteiger partial charge >= 0.3 is 5.69 Å². The normalized spacial score (nSPS) is 17.8. The molecule has 2 atom stereocenters. The van der Waals surface area contributed by atoms with Crippen molar-refractivity contribution in [2.24, 2.45) is 0 Å². The summed E-state index contributed by atoms with van der Waals surface area (Å²) in [5.41, 5.74) is 0.914. The zero-order valence-electron chi connectivity index (χ0n) is 26.4. The van der Waals surface area contributed by atoms with Crippen molar-refractivity contribution < 1.29 is 18.3 Å². The summed E-state index contributed by atoms with van der Waals surface area (Å²) >= 11 is 6.84. The number of halogens is 3. The van der Waals surface area contributed by atoms with Crippen LogP contribution in [0.1, 0.15) is 51.3 Å². The first-order chi connectivity index (χ1) is 22.4. The van der Waals surface area contributed by atoms with Crippen molar-refractivity contribution >= 4 is 34.4 Å². The van der Waals surface area contributed by atoms with Crippen LogP contribution in [0.5, 0.6) is 5.75 Å². The largest absolute Gasteiger partial charge is 0.490 e. The second kappa shape index (κ2) is 12.4. The van der Waals surface area contributed by atoms with Crippen molar-refractivity contribution in [3.8, 4) is 28.8 Å². The Morgan fingerprint density at radius 1 is 1.15 bits per heavy atom. The molecule has 5 heterocycles. The number of fused-ring (bicyclic) bond motifs is 5. The monoisotopic (exact) mass is 659 g/mol. The lowest BCUT2D eigenvalue weighted by atomic mass is 10.0. The molecular weight excluding hydrogens is 628 g/mol. The van der Waals surface area contributed by atoms with E-state index < -0.39 is 23.2 Å². The fraction of sp³-hybridized carbons (Fsp3) is 0.353. The van der Waals surface area contributed by atoms with E-state index in [1.165, 1.54) is 4.57 Å². The number of carbonyl (C=O) groups is 1. The minimum atomic E-state index is -0.789. The Kier molecular flexibility index (Phi) is 8.44. The number of nitrogens with zero attached hydrogens (tertiary/aromatic N) is 7. The van der Waals surface area contributed by atoms with E-state index in [4.69, 9.17) is 21.3 Å². The van der Waals surface area contributed by atoms with Gasteiger partial charge in [0.2, 0.25) is 0 Å². The summed E-state index contributed by atoms with van der Waals surface area (Å²) in [6.07, 6.45) is 2.55. The number of piperazine rings is 1. The van der Waals surface area contributed by atoms with Crippen LogP contribution in [-0.4, -0.2) is 62.1 Å². The average Bonchev–Trinajstić information content (AvgIpc) is 3.04. The Morgan fingerprint density at radius 2 is 1.89 bits per heavy atom. The van der Waals surface area contributed by atoms with Crippen LogP contribution in [0.2, 0.25) is 5.02 Å². The van der Waals surface area contributed by atoms with Gasteiger partial charge in [-0.1, -0.05) is 32.0 Å². The van der Waals surface area contributed by atoms with E-state index >= 15 is 8.78 Å². The molecule has 0 aliphatic carbocycles. The maximum Gasteiger partial charge on any atom is 0.355 e. The highest BCUT2D eigenvalue weighted by Crippen LogP contribution is 2.41. The zero-order chi connectivity index (χ0) is 33.7. The van der Waals surface area contributed by atoms with Crippen molar-refractivity contribution in [2.45, 2.75) is 58.5 Å². The van der Waals surface area contributed by atoms with Gasteiger partial charge < -0.3 is 14.5 Å². The molecule has 10 nitrogen and oxygen atoms in total. The van der Waals surface area contributed by atoms with Crippen LogP contribution in [-0.2, 0) is 11.2 Å². The predicted molar refractivity (Wildman–Crippen MR) is 174 cm³/mol. The molecule has 6 rings (SSSR count). The number of anilines is 1. The zero-order valence-corrected chi connectivity index (χ0v) is 27.1. The highest BCUT2D eigenvalue weighted by atomic mass is 35.5. The smallest absolute Gasteiger partial charge is 0.355 e. The summed E-state index contributed by atoms with van der Waals surface area (Å²) < 4.78 is 38.0. The molecule has 1 fully saturated rings. The van der Waals surface area contributed by atoms with Gasteiger partial charge in [-0.3, -0.25) is 9.78 Å². The quantitative estimate of drug-likeness (QED) is 0.202. The van der Waals surface area contributed by atoms with Gasteiger partial charge in [0.1, 0.15) is 23.3 Å². The molecule has 47 heavy (non-hydrogen) atoms. The van der Waals surface area contributed by atoms with Crippen molar-refractivity contribution in [3.63, 3.8) is 0 Å². The van der Waals surface area contributed by atoms with Gasteiger partial charge in [0, 0.05) is 31.4 Å². The molecule has 1 aromatic carbocycles. The van der Waals surface area contributed by atoms with Crippen LogP contribution in [0.15, 0.2) is 47.4 Å². The Hall–Kier alpha value is -4.89. The number of hydrogen-bond donors (Lipinski definition) is 0. The number of aryl methyl sites for hydroxylation is 1. The molecule has 0 N–H and O–H groups in total. The number of ether oxygens (including phenoxy) is 1. The van der Waals surface area contributed by atoms with Crippen LogP contribution >= 0.6 is 11.6 Å². The van der Waals surface area contributed by atoms with Crippen LogP contribution in [0.3, 0.4) is 0 Å². The number of pyridine rings is 2. The third-order valence-corrected chi connectivity index (χ3v) is 8.94. The predicted octanol–water partition coefficient (Wildman–Crippen LogP) is 5.73. The molecular formula is C34H32ClF2N7O3. The summed E-state index contributed by atoms with van der Waals surface area (Å²) in [4.78, 5) is 44.7. The number of benzene rings is 1. The molecule has 0 radical (unpaired) electrons. The van der Waals surface area contributed by atoms with Crippen LogP contribution in [0, 0.1) is 23.0 Å². The van der Waals surface area contributed by atoms with Crippen molar-refractivity contribution in [3.05, 3.63) is 81.0 Å². The van der Waals surface area contributed by atoms with E-state index in [0.717, 1.165) is 17.7 Å². The molecule has 2 aliphatic rings. The highest BCUT2D eigenvalue weighted by molar-refractivity contribution is 6.34. The van der Waals surface area contributed by atoms with Gasteiger partial charge in [-0.05, 0) is 62.4 Å². The highest BCUT2D eigenvalue weighted by Gasteiger charge is 2.36. The SMILES string of the molecule is C=C(C#N)C(=O)N1C[C@H](C)N(c2nc(=O)n3c4nc(c(Cl)cc24)-c2c(F)ccc(F)c2OCCCc2ccnc(C(C)C)c2-3)C[C@H]1C. The number of amides is 1. The van der Waals surface area contributed by atoms with E-state index in [-0.39, 0.29) is 76.8 Å². The van der Waals surface area contributed by atoms with Crippen LogP contribution in [0.4, 0.5) is 14.6 Å². The molecule has 13 heteroatoms. The molecule has 2 bridgehead atoms. The van der Waals surface area contributed by atoms with Gasteiger partial charge in [-0.2, -0.15) is 10.2 Å². The van der Waals surface area contributed by atoms with E-state index in [0.29, 0.717) is 29.6 Å². The van der Waals surface area contributed by atoms with E-state index in [2.05, 4.69) is 16.5 Å². The standard InChI is InChI=1S/C34H32ClF2N7O3/c1-17(2)27-29-21(10-11-39-27)7-6-12-47-30-25(37)9-8-24(36)26(30)28-23(35)13-22-31(41-34(46)44(29)32(22)40-28)42-15-20(5)43(16-19(42)4)33(45)18(3)14-38/h8-11,13,17,19-20H,3,6-7,12,15-16H2,1-2,4-5H3/t19-,20+/m0/s1. The van der Waals surface area contributed by atoms with E-state index in [9.17, 15) is 14.9 Å². The van der Waals surface area contributed by atoms with Gasteiger partial charge in [0.05, 0.1) is 39.7 Å². The lowest BCUT2D eigenvalue weighted by Crippen LogP contribution is -2.59. The Bertz CT molecular complexity index is 2060. The fourth-order valence-corrected chi connectivity index (χ4v) is 6.60. The molecule has 0 unspecified atom stereocenters. The van der Waals surface area contributed by atoms with Crippen LogP contribution < -0.4 is 15.3 Å². The van der Waals surface area contributed by atoms with Crippen molar-refractivity contribution in [1.82, 2.24) is 24.4 Å². The van der Waals surface area contributed by atoms with E-state index in [1.807, 2.05) is 44.7 Å². The molecule has 1 amide bonds. The number of nitriles is 1. The first-order valence-electron chi connectivity index (χ1n) is 15.3. The maximum absolute atomic E-state index is 15.6. The minimum absolute atomic E-state index is 0.00696. The molecule has 1 saturated heterocycles. The first kappa shape index (κ1) is 32.1.